The van der Waals surface area contributed by atoms with E-state index in [1.165, 1.54) is 6.20 Å². The Bertz CT molecular complexity index is 967. The van der Waals surface area contributed by atoms with Crippen molar-refractivity contribution >= 4 is 26.5 Å². The molecule has 2 aromatic carbocycles. The number of anilines is 1. The molecule has 0 unspecified atom stereocenters. The first kappa shape index (κ1) is 15.5. The topological polar surface area (TPSA) is 59.1 Å². The summed E-state index contributed by atoms with van der Waals surface area (Å²) in [5, 5.41) is 1.54. The van der Waals surface area contributed by atoms with E-state index in [1.807, 2.05) is 57.2 Å². The molecule has 23 heavy (non-hydrogen) atoms. The van der Waals surface area contributed by atoms with Crippen LogP contribution in [0.1, 0.15) is 16.7 Å². The normalized spacial score (nSPS) is 11.6. The van der Waals surface area contributed by atoms with Crippen molar-refractivity contribution in [3.8, 4) is 0 Å². The second-order valence-corrected chi connectivity index (χ2v) is 7.28. The summed E-state index contributed by atoms with van der Waals surface area (Å²) >= 11 is 0. The van der Waals surface area contributed by atoms with Gasteiger partial charge in [-0.1, -0.05) is 42.0 Å². The molecule has 1 radical (unpaired) electrons. The summed E-state index contributed by atoms with van der Waals surface area (Å²) < 4.78 is 28.4. The molecule has 0 spiro atoms. The number of benzene rings is 2. The number of aromatic nitrogens is 1. The van der Waals surface area contributed by atoms with Gasteiger partial charge < -0.3 is 0 Å². The summed E-state index contributed by atoms with van der Waals surface area (Å²) in [6.45, 7) is 5.57. The van der Waals surface area contributed by atoms with E-state index < -0.39 is 10.0 Å². The van der Waals surface area contributed by atoms with Crippen LogP contribution in [-0.2, 0) is 10.0 Å². The van der Waals surface area contributed by atoms with Crippen LogP contribution in [0.25, 0.3) is 10.8 Å². The molecule has 0 aliphatic heterocycles. The fourth-order valence-electron chi connectivity index (χ4n) is 2.92. The van der Waals surface area contributed by atoms with Crippen molar-refractivity contribution in [2.75, 3.05) is 4.72 Å². The standard InChI is InChI=1S/C18H17N2O2S/c1-12-8-13(2)18(14(3)9-12)23(21,22)20-17-11-19-10-15-6-4-5-7-16(15)17/h4-9,11,20H,1-3H3. The molecule has 0 bridgehead atoms. The van der Waals surface area contributed by atoms with E-state index in [4.69, 9.17) is 0 Å². The lowest BCUT2D eigenvalue weighted by Crippen LogP contribution is -2.16. The quantitative estimate of drug-likeness (QED) is 0.797. The number of aryl methyl sites for hydroxylation is 3. The van der Waals surface area contributed by atoms with Crippen molar-refractivity contribution < 1.29 is 8.42 Å². The Labute approximate surface area is 136 Å². The average Bonchev–Trinajstić information content (AvgIpc) is 2.45. The predicted molar refractivity (Wildman–Crippen MR) is 92.0 cm³/mol. The van der Waals surface area contributed by atoms with Crippen molar-refractivity contribution in [3.05, 3.63) is 65.5 Å². The van der Waals surface area contributed by atoms with Gasteiger partial charge >= 0.3 is 0 Å². The minimum Gasteiger partial charge on any atom is -0.277 e. The summed E-state index contributed by atoms with van der Waals surface area (Å²) in [6.07, 6.45) is 4.35. The van der Waals surface area contributed by atoms with Crippen LogP contribution < -0.4 is 4.72 Å². The maximum Gasteiger partial charge on any atom is 0.262 e. The smallest absolute Gasteiger partial charge is 0.262 e. The number of sulfonamides is 1. The predicted octanol–water partition coefficient (Wildman–Crippen LogP) is 3.76. The molecular weight excluding hydrogens is 308 g/mol. The van der Waals surface area contributed by atoms with Crippen molar-refractivity contribution in [3.63, 3.8) is 0 Å². The number of hydrogen-bond acceptors (Lipinski definition) is 3. The lowest BCUT2D eigenvalue weighted by molar-refractivity contribution is 0.600. The molecule has 0 fully saturated rings. The molecule has 0 atom stereocenters. The molecule has 4 nitrogen and oxygen atoms in total. The molecule has 1 N–H and O–H groups in total. The van der Waals surface area contributed by atoms with Crippen molar-refractivity contribution in [1.29, 1.82) is 0 Å². The first-order valence-electron chi connectivity index (χ1n) is 7.24. The highest BCUT2D eigenvalue weighted by Gasteiger charge is 2.21. The molecule has 117 valence electrons. The summed E-state index contributed by atoms with van der Waals surface area (Å²) in [5.41, 5.74) is 2.96. The van der Waals surface area contributed by atoms with Gasteiger partial charge in [0.1, 0.15) is 0 Å². The molecule has 1 heterocycles. The van der Waals surface area contributed by atoms with E-state index in [0.717, 1.165) is 27.5 Å². The summed E-state index contributed by atoms with van der Waals surface area (Å²) in [5.74, 6) is 0. The van der Waals surface area contributed by atoms with Crippen molar-refractivity contribution in [2.45, 2.75) is 25.7 Å². The highest BCUT2D eigenvalue weighted by atomic mass is 32.2. The molecule has 0 saturated heterocycles. The van der Waals surface area contributed by atoms with Crippen molar-refractivity contribution in [1.82, 2.24) is 4.98 Å². The summed E-state index contributed by atoms with van der Waals surface area (Å²) in [4.78, 5) is 4.32. The SMILES string of the molecule is Cc1cc(C)c(S(=O)(=O)Nc2cn[c]c3ccccc23)c(C)c1. The lowest BCUT2D eigenvalue weighted by atomic mass is 10.1. The van der Waals surface area contributed by atoms with E-state index in [-0.39, 0.29) is 0 Å². The summed E-state index contributed by atoms with van der Waals surface area (Å²) in [6, 6.07) is 11.2. The van der Waals surface area contributed by atoms with Crippen LogP contribution in [0.2, 0.25) is 0 Å². The third kappa shape index (κ3) is 2.92. The zero-order chi connectivity index (χ0) is 16.6. The van der Waals surface area contributed by atoms with E-state index >= 15 is 0 Å². The Balaban J connectivity index is 2.12. The number of nitrogens with zero attached hydrogens (tertiary/aromatic N) is 1. The van der Waals surface area contributed by atoms with Gasteiger partial charge in [-0.25, -0.2) is 8.42 Å². The second kappa shape index (κ2) is 5.66. The van der Waals surface area contributed by atoms with Crippen LogP contribution in [0.3, 0.4) is 0 Å². The highest BCUT2D eigenvalue weighted by molar-refractivity contribution is 7.92. The number of hydrogen-bond donors (Lipinski definition) is 1. The second-order valence-electron chi connectivity index (χ2n) is 5.66. The van der Waals surface area contributed by atoms with E-state index in [9.17, 15) is 8.42 Å². The molecule has 0 aliphatic carbocycles. The average molecular weight is 325 g/mol. The van der Waals surface area contributed by atoms with Crippen LogP contribution in [0.15, 0.2) is 47.5 Å². The maximum absolute atomic E-state index is 12.8. The van der Waals surface area contributed by atoms with Crippen LogP contribution in [0.4, 0.5) is 5.69 Å². The van der Waals surface area contributed by atoms with E-state index in [2.05, 4.69) is 15.9 Å². The van der Waals surface area contributed by atoms with Crippen LogP contribution in [0.5, 0.6) is 0 Å². The van der Waals surface area contributed by atoms with Gasteiger partial charge in [0, 0.05) is 10.8 Å². The summed E-state index contributed by atoms with van der Waals surface area (Å²) in [7, 11) is -3.69. The van der Waals surface area contributed by atoms with Gasteiger partial charge in [-0.2, -0.15) is 0 Å². The Morgan fingerprint density at radius 1 is 1.04 bits per heavy atom. The minimum absolute atomic E-state index is 0.319. The number of nitrogens with one attached hydrogen (secondary N) is 1. The molecule has 0 aliphatic rings. The van der Waals surface area contributed by atoms with Gasteiger partial charge in [-0.05, 0) is 31.9 Å². The van der Waals surface area contributed by atoms with Gasteiger partial charge in [0.15, 0.2) is 0 Å². The van der Waals surface area contributed by atoms with Gasteiger partial charge in [0.25, 0.3) is 10.0 Å². The van der Waals surface area contributed by atoms with Crippen molar-refractivity contribution in [2.24, 2.45) is 0 Å². The fourth-order valence-corrected chi connectivity index (χ4v) is 4.44. The third-order valence-electron chi connectivity index (χ3n) is 3.71. The molecule has 3 rings (SSSR count). The lowest BCUT2D eigenvalue weighted by Gasteiger charge is -2.14. The zero-order valence-corrected chi connectivity index (χ0v) is 14.0. The highest BCUT2D eigenvalue weighted by Crippen LogP contribution is 2.27. The number of rotatable bonds is 3. The Morgan fingerprint density at radius 3 is 2.39 bits per heavy atom. The Morgan fingerprint density at radius 2 is 1.70 bits per heavy atom. The first-order chi connectivity index (χ1) is 10.9. The maximum atomic E-state index is 12.8. The van der Waals surface area contributed by atoms with Gasteiger partial charge in [-0.3, -0.25) is 9.71 Å². The molecule has 1 aromatic heterocycles. The zero-order valence-electron chi connectivity index (χ0n) is 13.2. The minimum atomic E-state index is -3.69. The largest absolute Gasteiger partial charge is 0.277 e. The first-order valence-corrected chi connectivity index (χ1v) is 8.73. The Hall–Kier alpha value is -2.40. The monoisotopic (exact) mass is 325 g/mol. The van der Waals surface area contributed by atoms with Crippen LogP contribution in [0, 0.1) is 27.0 Å². The van der Waals surface area contributed by atoms with Gasteiger partial charge in [0.2, 0.25) is 0 Å². The molecule has 5 heteroatoms. The Kier molecular flexibility index (Phi) is 3.82. The van der Waals surface area contributed by atoms with E-state index in [0.29, 0.717) is 10.6 Å². The van der Waals surface area contributed by atoms with E-state index in [1.54, 1.807) is 0 Å². The molecule has 0 saturated carbocycles. The molecule has 0 amide bonds. The van der Waals surface area contributed by atoms with Gasteiger partial charge in [-0.15, -0.1) is 0 Å². The van der Waals surface area contributed by atoms with Crippen LogP contribution in [-0.4, -0.2) is 13.4 Å². The fraction of sp³-hybridized carbons (Fsp3) is 0.167. The van der Waals surface area contributed by atoms with Crippen LogP contribution >= 0.6 is 0 Å². The number of pyridine rings is 1. The molecule has 3 aromatic rings. The number of fused-ring (bicyclic) bond motifs is 1. The van der Waals surface area contributed by atoms with Gasteiger partial charge in [0.05, 0.1) is 23.0 Å². The third-order valence-corrected chi connectivity index (χ3v) is 5.38. The molecular formula is C18H17N2O2S.